The Balaban J connectivity index is 1.31. The van der Waals surface area contributed by atoms with Gasteiger partial charge in [-0.3, -0.25) is 9.69 Å². The second kappa shape index (κ2) is 9.91. The molecule has 3 heterocycles. The van der Waals surface area contributed by atoms with Crippen molar-refractivity contribution in [3.63, 3.8) is 0 Å². The van der Waals surface area contributed by atoms with Crippen LogP contribution < -0.4 is 10.6 Å². The SMILES string of the molecule is CC(C)C(N)(CCC(=O)N1CC(O)C(N2CCN(c3ccccc3)CC2)C1)c1cccs1. The van der Waals surface area contributed by atoms with E-state index in [9.17, 15) is 9.90 Å². The zero-order chi connectivity index (χ0) is 22.7. The number of thiophene rings is 1. The Morgan fingerprint density at radius 1 is 1.12 bits per heavy atom. The number of nitrogens with two attached hydrogens (primary N) is 1. The summed E-state index contributed by atoms with van der Waals surface area (Å²) in [6, 6.07) is 14.6. The van der Waals surface area contributed by atoms with Gasteiger partial charge in [-0.15, -0.1) is 11.3 Å². The van der Waals surface area contributed by atoms with E-state index in [2.05, 4.69) is 54.0 Å². The number of amides is 1. The Kier molecular flexibility index (Phi) is 7.20. The number of piperazine rings is 1. The number of para-hydroxylation sites is 1. The van der Waals surface area contributed by atoms with Crippen LogP contribution in [-0.4, -0.2) is 72.2 Å². The summed E-state index contributed by atoms with van der Waals surface area (Å²) in [5, 5.41) is 12.8. The van der Waals surface area contributed by atoms with Crippen LogP contribution in [0.2, 0.25) is 0 Å². The van der Waals surface area contributed by atoms with Gasteiger partial charge in [-0.25, -0.2) is 0 Å². The molecule has 3 unspecified atom stereocenters. The molecule has 0 spiro atoms. The van der Waals surface area contributed by atoms with Crippen LogP contribution in [0.1, 0.15) is 31.6 Å². The van der Waals surface area contributed by atoms with Crippen LogP contribution in [0.3, 0.4) is 0 Å². The third-order valence-corrected chi connectivity index (χ3v) is 8.34. The number of hydrogen-bond donors (Lipinski definition) is 2. The largest absolute Gasteiger partial charge is 0.390 e. The summed E-state index contributed by atoms with van der Waals surface area (Å²) in [5.74, 6) is 0.341. The van der Waals surface area contributed by atoms with Gasteiger partial charge in [0.1, 0.15) is 0 Å². The molecule has 1 aromatic carbocycles. The average Bonchev–Trinajstić information content (AvgIpc) is 3.48. The predicted octanol–water partition coefficient (Wildman–Crippen LogP) is 2.73. The molecule has 2 aliphatic rings. The standard InChI is InChI=1S/C25H36N4O2S/c1-19(2)25(26,23-9-6-16-32-23)11-10-24(31)29-17-21(22(30)18-29)28-14-12-27(13-15-28)20-7-4-3-5-8-20/h3-9,16,19,21-22,30H,10-15,17-18,26H2,1-2H3. The van der Waals surface area contributed by atoms with Crippen LogP contribution >= 0.6 is 11.3 Å². The second-order valence-electron chi connectivity index (χ2n) is 9.46. The summed E-state index contributed by atoms with van der Waals surface area (Å²) in [6.45, 7) is 8.93. The van der Waals surface area contributed by atoms with Crippen LogP contribution in [-0.2, 0) is 10.3 Å². The van der Waals surface area contributed by atoms with Gasteiger partial charge < -0.3 is 20.6 Å². The van der Waals surface area contributed by atoms with Crippen LogP contribution in [0.5, 0.6) is 0 Å². The van der Waals surface area contributed by atoms with E-state index >= 15 is 0 Å². The predicted molar refractivity (Wildman–Crippen MR) is 131 cm³/mol. The van der Waals surface area contributed by atoms with E-state index in [-0.39, 0.29) is 17.9 Å². The lowest BCUT2D eigenvalue weighted by Crippen LogP contribution is -2.53. The van der Waals surface area contributed by atoms with Gasteiger partial charge in [-0.2, -0.15) is 0 Å². The molecule has 0 aliphatic carbocycles. The fourth-order valence-corrected chi connectivity index (χ4v) is 6.01. The van der Waals surface area contributed by atoms with E-state index in [1.807, 2.05) is 22.4 Å². The molecule has 2 aliphatic heterocycles. The van der Waals surface area contributed by atoms with Crippen molar-refractivity contribution < 1.29 is 9.90 Å². The summed E-state index contributed by atoms with van der Waals surface area (Å²) in [7, 11) is 0. The fourth-order valence-electron chi connectivity index (χ4n) is 4.99. The number of likely N-dealkylation sites (tertiary alicyclic amines) is 1. The van der Waals surface area contributed by atoms with Gasteiger partial charge in [-0.05, 0) is 35.9 Å². The van der Waals surface area contributed by atoms with Gasteiger partial charge in [0.2, 0.25) is 5.91 Å². The highest BCUT2D eigenvalue weighted by molar-refractivity contribution is 7.10. The highest BCUT2D eigenvalue weighted by Gasteiger charge is 2.39. The van der Waals surface area contributed by atoms with E-state index in [4.69, 9.17) is 5.73 Å². The minimum absolute atomic E-state index is 0.0156. The number of benzene rings is 1. The molecular weight excluding hydrogens is 420 g/mol. The molecule has 2 saturated heterocycles. The van der Waals surface area contributed by atoms with Crippen molar-refractivity contribution in [2.45, 2.75) is 44.4 Å². The topological polar surface area (TPSA) is 73.0 Å². The van der Waals surface area contributed by atoms with E-state index in [0.29, 0.717) is 25.9 Å². The number of aliphatic hydroxyl groups is 1. The minimum Gasteiger partial charge on any atom is -0.390 e. The molecule has 4 rings (SSSR count). The van der Waals surface area contributed by atoms with E-state index in [1.54, 1.807) is 11.3 Å². The molecule has 3 atom stereocenters. The average molecular weight is 457 g/mol. The van der Waals surface area contributed by atoms with Gasteiger partial charge in [0.15, 0.2) is 0 Å². The van der Waals surface area contributed by atoms with Crippen LogP contribution in [0.15, 0.2) is 47.8 Å². The number of aliphatic hydroxyl groups excluding tert-OH is 1. The lowest BCUT2D eigenvalue weighted by molar-refractivity contribution is -0.131. The van der Waals surface area contributed by atoms with Gasteiger partial charge in [0, 0.05) is 56.3 Å². The molecule has 2 fully saturated rings. The quantitative estimate of drug-likeness (QED) is 0.670. The number of anilines is 1. The first kappa shape index (κ1) is 23.2. The molecule has 2 aromatic rings. The van der Waals surface area contributed by atoms with E-state index < -0.39 is 11.6 Å². The van der Waals surface area contributed by atoms with Crippen molar-refractivity contribution in [2.24, 2.45) is 11.7 Å². The monoisotopic (exact) mass is 456 g/mol. The second-order valence-corrected chi connectivity index (χ2v) is 10.4. The maximum Gasteiger partial charge on any atom is 0.222 e. The normalized spacial score (nSPS) is 24.2. The third kappa shape index (κ3) is 4.86. The Bertz CT molecular complexity index is 867. The Morgan fingerprint density at radius 3 is 2.47 bits per heavy atom. The first-order valence-electron chi connectivity index (χ1n) is 11.7. The fraction of sp³-hybridized carbons (Fsp3) is 0.560. The van der Waals surface area contributed by atoms with Crippen molar-refractivity contribution in [1.29, 1.82) is 0 Å². The maximum absolute atomic E-state index is 13.0. The summed E-state index contributed by atoms with van der Waals surface area (Å²) in [5.41, 5.74) is 7.52. The van der Waals surface area contributed by atoms with Gasteiger partial charge in [-0.1, -0.05) is 38.1 Å². The zero-order valence-electron chi connectivity index (χ0n) is 19.2. The Labute approximate surface area is 195 Å². The van der Waals surface area contributed by atoms with Crippen LogP contribution in [0.25, 0.3) is 0 Å². The van der Waals surface area contributed by atoms with Crippen molar-refractivity contribution in [3.05, 3.63) is 52.7 Å². The number of β-amino-alcohol motifs (C(OH)–C–C–N with tert-alkyl or cyclic N) is 1. The molecule has 174 valence electrons. The summed E-state index contributed by atoms with van der Waals surface area (Å²) < 4.78 is 0. The molecule has 1 amide bonds. The maximum atomic E-state index is 13.0. The number of hydrogen-bond acceptors (Lipinski definition) is 6. The number of carbonyl (C=O) groups is 1. The minimum atomic E-state index is -0.493. The molecule has 0 bridgehead atoms. The van der Waals surface area contributed by atoms with Crippen molar-refractivity contribution in [3.8, 4) is 0 Å². The van der Waals surface area contributed by atoms with Gasteiger partial charge in [0.25, 0.3) is 0 Å². The first-order valence-corrected chi connectivity index (χ1v) is 12.6. The van der Waals surface area contributed by atoms with Gasteiger partial charge >= 0.3 is 0 Å². The van der Waals surface area contributed by atoms with Crippen molar-refractivity contribution in [1.82, 2.24) is 9.80 Å². The summed E-state index contributed by atoms with van der Waals surface area (Å²) >= 11 is 1.66. The molecule has 1 aromatic heterocycles. The van der Waals surface area contributed by atoms with E-state index in [1.165, 1.54) is 5.69 Å². The smallest absolute Gasteiger partial charge is 0.222 e. The third-order valence-electron chi connectivity index (χ3n) is 7.28. The molecule has 32 heavy (non-hydrogen) atoms. The zero-order valence-corrected chi connectivity index (χ0v) is 20.0. The summed E-state index contributed by atoms with van der Waals surface area (Å²) in [6.07, 6.45) is 0.539. The number of carbonyl (C=O) groups excluding carboxylic acids is 1. The van der Waals surface area contributed by atoms with Crippen LogP contribution in [0, 0.1) is 5.92 Å². The lowest BCUT2D eigenvalue weighted by Gasteiger charge is -2.39. The Hall–Kier alpha value is -1.93. The Morgan fingerprint density at radius 2 is 1.84 bits per heavy atom. The molecule has 7 heteroatoms. The molecule has 6 nitrogen and oxygen atoms in total. The first-order chi connectivity index (χ1) is 15.4. The van der Waals surface area contributed by atoms with Gasteiger partial charge in [0.05, 0.1) is 17.7 Å². The molecule has 3 N–H and O–H groups in total. The summed E-state index contributed by atoms with van der Waals surface area (Å²) in [4.78, 5) is 20.7. The number of nitrogens with zero attached hydrogens (tertiary/aromatic N) is 3. The molecular formula is C25H36N4O2S. The van der Waals surface area contributed by atoms with Crippen molar-refractivity contribution >= 4 is 22.9 Å². The van der Waals surface area contributed by atoms with E-state index in [0.717, 1.165) is 31.1 Å². The van der Waals surface area contributed by atoms with Crippen LogP contribution in [0.4, 0.5) is 5.69 Å². The lowest BCUT2D eigenvalue weighted by atomic mass is 9.81. The highest BCUT2D eigenvalue weighted by Crippen LogP contribution is 2.35. The molecule has 0 radical (unpaired) electrons. The number of rotatable bonds is 7. The molecule has 0 saturated carbocycles. The van der Waals surface area contributed by atoms with Crippen molar-refractivity contribution in [2.75, 3.05) is 44.2 Å². The highest BCUT2D eigenvalue weighted by atomic mass is 32.1.